The highest BCUT2D eigenvalue weighted by Crippen LogP contribution is 2.36. The first-order valence-corrected chi connectivity index (χ1v) is 8.15. The SMILES string of the molecule is CCCCC(CC)CC(CCCC)(COC)COC. The fourth-order valence-electron chi connectivity index (χ4n) is 3.13. The molecule has 0 bridgehead atoms. The summed E-state index contributed by atoms with van der Waals surface area (Å²) in [6.45, 7) is 8.54. The first kappa shape index (κ1) is 18.9. The third kappa shape index (κ3) is 7.94. The number of ether oxygens (including phenoxy) is 2. The van der Waals surface area contributed by atoms with Crippen LogP contribution in [0, 0.1) is 11.3 Å². The summed E-state index contributed by atoms with van der Waals surface area (Å²) in [5.41, 5.74) is 0.230. The molecule has 0 aromatic heterocycles. The van der Waals surface area contributed by atoms with E-state index in [1.807, 2.05) is 14.2 Å². The molecule has 0 rings (SSSR count). The lowest BCUT2D eigenvalue weighted by Gasteiger charge is -2.36. The molecule has 2 heteroatoms. The van der Waals surface area contributed by atoms with E-state index in [0.717, 1.165) is 19.1 Å². The smallest absolute Gasteiger partial charge is 0.0540 e. The molecule has 2 nitrogen and oxygen atoms in total. The molecule has 19 heavy (non-hydrogen) atoms. The van der Waals surface area contributed by atoms with Gasteiger partial charge < -0.3 is 9.47 Å². The Morgan fingerprint density at radius 3 is 1.89 bits per heavy atom. The van der Waals surface area contributed by atoms with Gasteiger partial charge in [-0.15, -0.1) is 0 Å². The quantitative estimate of drug-likeness (QED) is 0.466. The van der Waals surface area contributed by atoms with Gasteiger partial charge in [0, 0.05) is 19.6 Å². The van der Waals surface area contributed by atoms with E-state index in [2.05, 4.69) is 20.8 Å². The van der Waals surface area contributed by atoms with E-state index in [-0.39, 0.29) is 5.41 Å². The Labute approximate surface area is 121 Å². The molecule has 1 unspecified atom stereocenters. The Hall–Kier alpha value is -0.0800. The van der Waals surface area contributed by atoms with Crippen molar-refractivity contribution in [3.05, 3.63) is 0 Å². The average molecular weight is 272 g/mol. The van der Waals surface area contributed by atoms with Crippen LogP contribution in [0.2, 0.25) is 0 Å². The van der Waals surface area contributed by atoms with E-state index in [4.69, 9.17) is 9.47 Å². The van der Waals surface area contributed by atoms with Gasteiger partial charge in [-0.1, -0.05) is 59.3 Å². The molecular weight excluding hydrogens is 236 g/mol. The average Bonchev–Trinajstić information content (AvgIpc) is 2.41. The molecule has 116 valence electrons. The van der Waals surface area contributed by atoms with Crippen LogP contribution in [-0.2, 0) is 9.47 Å². The molecule has 0 aromatic rings. The highest BCUT2D eigenvalue weighted by molar-refractivity contribution is 4.82. The largest absolute Gasteiger partial charge is 0.384 e. The molecule has 0 N–H and O–H groups in total. The number of unbranched alkanes of at least 4 members (excludes halogenated alkanes) is 2. The molecule has 0 radical (unpaired) electrons. The Morgan fingerprint density at radius 1 is 0.895 bits per heavy atom. The Morgan fingerprint density at radius 2 is 1.47 bits per heavy atom. The molecule has 0 saturated carbocycles. The van der Waals surface area contributed by atoms with Crippen molar-refractivity contribution in [2.45, 2.75) is 72.1 Å². The van der Waals surface area contributed by atoms with Gasteiger partial charge >= 0.3 is 0 Å². The highest BCUT2D eigenvalue weighted by Gasteiger charge is 2.32. The number of rotatable bonds is 13. The van der Waals surface area contributed by atoms with Gasteiger partial charge in [-0.25, -0.2) is 0 Å². The van der Waals surface area contributed by atoms with Crippen molar-refractivity contribution < 1.29 is 9.47 Å². The summed E-state index contributed by atoms with van der Waals surface area (Å²) in [7, 11) is 3.65. The van der Waals surface area contributed by atoms with Gasteiger partial charge in [-0.2, -0.15) is 0 Å². The second kappa shape index (κ2) is 11.7. The van der Waals surface area contributed by atoms with Crippen LogP contribution in [0.5, 0.6) is 0 Å². The van der Waals surface area contributed by atoms with Crippen molar-refractivity contribution in [3.8, 4) is 0 Å². The van der Waals surface area contributed by atoms with Crippen molar-refractivity contribution in [3.63, 3.8) is 0 Å². The second-order valence-electron chi connectivity index (χ2n) is 6.09. The van der Waals surface area contributed by atoms with Crippen LogP contribution < -0.4 is 0 Å². The molecular formula is C17H36O2. The number of hydrogen-bond acceptors (Lipinski definition) is 2. The molecule has 0 saturated heterocycles. The summed E-state index contributed by atoms with van der Waals surface area (Å²) in [6.07, 6.45) is 10.3. The molecule has 0 spiro atoms. The fraction of sp³-hybridized carbons (Fsp3) is 1.00. The monoisotopic (exact) mass is 272 g/mol. The highest BCUT2D eigenvalue weighted by atomic mass is 16.5. The normalized spacial score (nSPS) is 13.7. The van der Waals surface area contributed by atoms with E-state index >= 15 is 0 Å². The van der Waals surface area contributed by atoms with Crippen molar-refractivity contribution in [2.75, 3.05) is 27.4 Å². The minimum Gasteiger partial charge on any atom is -0.384 e. The molecule has 0 fully saturated rings. The molecule has 1 atom stereocenters. The fourth-order valence-corrected chi connectivity index (χ4v) is 3.13. The molecule has 0 amide bonds. The maximum absolute atomic E-state index is 5.53. The van der Waals surface area contributed by atoms with Gasteiger partial charge in [0.15, 0.2) is 0 Å². The number of methoxy groups -OCH3 is 2. The van der Waals surface area contributed by atoms with Crippen LogP contribution in [0.3, 0.4) is 0 Å². The zero-order chi connectivity index (χ0) is 14.6. The zero-order valence-corrected chi connectivity index (χ0v) is 14.0. The van der Waals surface area contributed by atoms with Gasteiger partial charge in [0.1, 0.15) is 0 Å². The van der Waals surface area contributed by atoms with Crippen LogP contribution in [0.1, 0.15) is 72.1 Å². The summed E-state index contributed by atoms with van der Waals surface area (Å²) in [4.78, 5) is 0. The van der Waals surface area contributed by atoms with Gasteiger partial charge in [-0.05, 0) is 18.8 Å². The molecule has 0 aromatic carbocycles. The van der Waals surface area contributed by atoms with E-state index < -0.39 is 0 Å². The second-order valence-corrected chi connectivity index (χ2v) is 6.09. The van der Waals surface area contributed by atoms with Crippen molar-refractivity contribution in [1.82, 2.24) is 0 Å². The van der Waals surface area contributed by atoms with Gasteiger partial charge in [0.25, 0.3) is 0 Å². The lowest BCUT2D eigenvalue weighted by atomic mass is 9.74. The maximum atomic E-state index is 5.53. The first-order valence-electron chi connectivity index (χ1n) is 8.15. The van der Waals surface area contributed by atoms with Crippen LogP contribution in [-0.4, -0.2) is 27.4 Å². The number of hydrogen-bond donors (Lipinski definition) is 0. The van der Waals surface area contributed by atoms with Gasteiger partial charge in [0.2, 0.25) is 0 Å². The molecule has 0 heterocycles. The zero-order valence-electron chi connectivity index (χ0n) is 14.0. The minimum absolute atomic E-state index is 0.230. The predicted molar refractivity (Wildman–Crippen MR) is 83.6 cm³/mol. The Kier molecular flexibility index (Phi) is 11.7. The third-order valence-corrected chi connectivity index (χ3v) is 4.23. The molecule has 0 aliphatic carbocycles. The van der Waals surface area contributed by atoms with Crippen molar-refractivity contribution >= 4 is 0 Å². The summed E-state index contributed by atoms with van der Waals surface area (Å²) >= 11 is 0. The van der Waals surface area contributed by atoms with E-state index in [1.54, 1.807) is 0 Å². The predicted octanol–water partition coefficient (Wildman–Crippen LogP) is 5.06. The third-order valence-electron chi connectivity index (χ3n) is 4.23. The van der Waals surface area contributed by atoms with Crippen molar-refractivity contribution in [1.29, 1.82) is 0 Å². The lowest BCUT2D eigenvalue weighted by Crippen LogP contribution is -2.34. The minimum atomic E-state index is 0.230. The van der Waals surface area contributed by atoms with Crippen LogP contribution in [0.4, 0.5) is 0 Å². The van der Waals surface area contributed by atoms with Crippen LogP contribution in [0.25, 0.3) is 0 Å². The van der Waals surface area contributed by atoms with Crippen molar-refractivity contribution in [2.24, 2.45) is 11.3 Å². The van der Waals surface area contributed by atoms with E-state index in [0.29, 0.717) is 0 Å². The van der Waals surface area contributed by atoms with Crippen LogP contribution >= 0.6 is 0 Å². The standard InChI is InChI=1S/C17H36O2/c1-6-9-11-16(8-3)13-17(14-18-4,15-19-5)12-10-7-2/h16H,6-15H2,1-5H3. The Bertz CT molecular complexity index is 186. The van der Waals surface area contributed by atoms with Gasteiger partial charge in [-0.3, -0.25) is 0 Å². The summed E-state index contributed by atoms with van der Waals surface area (Å²) in [5.74, 6) is 0.821. The van der Waals surface area contributed by atoms with Gasteiger partial charge in [0.05, 0.1) is 13.2 Å². The topological polar surface area (TPSA) is 18.5 Å². The Balaban J connectivity index is 4.64. The summed E-state index contributed by atoms with van der Waals surface area (Å²) < 4.78 is 11.1. The summed E-state index contributed by atoms with van der Waals surface area (Å²) in [6, 6.07) is 0. The first-order chi connectivity index (χ1) is 9.17. The van der Waals surface area contributed by atoms with E-state index in [1.165, 1.54) is 51.4 Å². The van der Waals surface area contributed by atoms with E-state index in [9.17, 15) is 0 Å². The molecule has 0 aliphatic heterocycles. The molecule has 0 aliphatic rings. The summed E-state index contributed by atoms with van der Waals surface area (Å²) in [5, 5.41) is 0. The van der Waals surface area contributed by atoms with Crippen LogP contribution in [0.15, 0.2) is 0 Å². The lowest BCUT2D eigenvalue weighted by molar-refractivity contribution is -0.0142. The maximum Gasteiger partial charge on any atom is 0.0540 e.